The Morgan fingerprint density at radius 2 is 1.91 bits per heavy atom. The van der Waals surface area contributed by atoms with Crippen LogP contribution in [0.15, 0.2) is 42.5 Å². The summed E-state index contributed by atoms with van der Waals surface area (Å²) in [6, 6.07) is 15.4. The Bertz CT molecular complexity index is 723. The van der Waals surface area contributed by atoms with Gasteiger partial charge in [0.25, 0.3) is 0 Å². The van der Waals surface area contributed by atoms with Gasteiger partial charge in [0.15, 0.2) is 23.0 Å². The van der Waals surface area contributed by atoms with Gasteiger partial charge in [-0.25, -0.2) is 0 Å². The first-order valence-corrected chi connectivity index (χ1v) is 7.37. The number of fused-ring (bicyclic) bond motifs is 1. The van der Waals surface area contributed by atoms with Crippen LogP contribution in [-0.2, 0) is 0 Å². The second-order valence-corrected chi connectivity index (χ2v) is 5.08. The molecule has 0 N–H and O–H groups in total. The van der Waals surface area contributed by atoms with Gasteiger partial charge in [0.05, 0.1) is 25.7 Å². The highest BCUT2D eigenvalue weighted by molar-refractivity contribution is 5.46. The minimum Gasteiger partial charge on any atom is -0.493 e. The zero-order chi connectivity index (χ0) is 16.1. The summed E-state index contributed by atoms with van der Waals surface area (Å²) in [6.45, 7) is 0.653. The number of ether oxygens (including phenoxy) is 4. The molecule has 0 saturated heterocycles. The summed E-state index contributed by atoms with van der Waals surface area (Å²) < 4.78 is 21.6. The molecule has 23 heavy (non-hydrogen) atoms. The maximum Gasteiger partial charge on any atom is 0.231 e. The molecule has 2 aromatic carbocycles. The van der Waals surface area contributed by atoms with Gasteiger partial charge in [-0.05, 0) is 29.8 Å². The van der Waals surface area contributed by atoms with Gasteiger partial charge in [-0.3, -0.25) is 0 Å². The van der Waals surface area contributed by atoms with E-state index in [1.807, 2.05) is 42.5 Å². The van der Waals surface area contributed by atoms with Gasteiger partial charge >= 0.3 is 0 Å². The van der Waals surface area contributed by atoms with E-state index in [1.165, 1.54) is 0 Å². The third-order valence-corrected chi connectivity index (χ3v) is 3.69. The van der Waals surface area contributed by atoms with Crippen LogP contribution in [0.3, 0.4) is 0 Å². The topological polar surface area (TPSA) is 60.7 Å². The number of nitriles is 1. The van der Waals surface area contributed by atoms with Crippen molar-refractivity contribution >= 4 is 0 Å². The second-order valence-electron chi connectivity index (χ2n) is 5.08. The molecule has 1 unspecified atom stereocenters. The van der Waals surface area contributed by atoms with E-state index >= 15 is 0 Å². The quantitative estimate of drug-likeness (QED) is 0.817. The van der Waals surface area contributed by atoms with Crippen molar-refractivity contribution in [1.29, 1.82) is 5.26 Å². The number of hydrogen-bond donors (Lipinski definition) is 0. The summed E-state index contributed by atoms with van der Waals surface area (Å²) in [6.07, 6.45) is 0.578. The summed E-state index contributed by atoms with van der Waals surface area (Å²) >= 11 is 0. The van der Waals surface area contributed by atoms with Crippen molar-refractivity contribution < 1.29 is 18.9 Å². The van der Waals surface area contributed by atoms with Crippen molar-refractivity contribution in [3.8, 4) is 29.1 Å². The fraction of sp³-hybridized carbons (Fsp3) is 0.278. The SMILES string of the molecule is COc1ccccc1OCCC(C#N)c1ccc2c(c1)OCO2. The van der Waals surface area contributed by atoms with Crippen LogP contribution in [-0.4, -0.2) is 20.5 Å². The predicted octanol–water partition coefficient (Wildman–Crippen LogP) is 3.50. The number of methoxy groups -OCH3 is 1. The molecule has 2 aromatic rings. The smallest absolute Gasteiger partial charge is 0.231 e. The van der Waals surface area contributed by atoms with E-state index in [0.29, 0.717) is 30.3 Å². The molecule has 0 bridgehead atoms. The Morgan fingerprint density at radius 1 is 1.13 bits per heavy atom. The van der Waals surface area contributed by atoms with E-state index < -0.39 is 0 Å². The lowest BCUT2D eigenvalue weighted by Gasteiger charge is -2.13. The minimum atomic E-state index is -0.265. The monoisotopic (exact) mass is 311 g/mol. The van der Waals surface area contributed by atoms with Gasteiger partial charge in [-0.15, -0.1) is 0 Å². The molecule has 0 spiro atoms. The van der Waals surface area contributed by atoms with E-state index in [1.54, 1.807) is 7.11 Å². The fourth-order valence-corrected chi connectivity index (χ4v) is 2.46. The van der Waals surface area contributed by atoms with Crippen LogP contribution >= 0.6 is 0 Å². The Labute approximate surface area is 135 Å². The van der Waals surface area contributed by atoms with Crippen LogP contribution in [0, 0.1) is 11.3 Å². The van der Waals surface area contributed by atoms with Crippen molar-refractivity contribution in [2.45, 2.75) is 12.3 Å². The van der Waals surface area contributed by atoms with Gasteiger partial charge in [0.2, 0.25) is 6.79 Å². The van der Waals surface area contributed by atoms with Gasteiger partial charge in [0, 0.05) is 6.42 Å². The second kappa shape index (κ2) is 6.93. The average Bonchev–Trinajstić information content (AvgIpc) is 3.06. The van der Waals surface area contributed by atoms with E-state index in [4.69, 9.17) is 18.9 Å². The van der Waals surface area contributed by atoms with Gasteiger partial charge in [0.1, 0.15) is 0 Å². The van der Waals surface area contributed by atoms with Gasteiger partial charge in [-0.2, -0.15) is 5.26 Å². The molecule has 118 valence electrons. The first-order valence-electron chi connectivity index (χ1n) is 7.37. The molecule has 3 rings (SSSR count). The molecule has 0 saturated carbocycles. The molecule has 1 heterocycles. The summed E-state index contributed by atoms with van der Waals surface area (Å²) in [7, 11) is 1.60. The van der Waals surface area contributed by atoms with Crippen molar-refractivity contribution in [3.05, 3.63) is 48.0 Å². The summed E-state index contributed by atoms with van der Waals surface area (Å²) in [4.78, 5) is 0. The largest absolute Gasteiger partial charge is 0.493 e. The van der Waals surface area contributed by atoms with Gasteiger partial charge in [-0.1, -0.05) is 18.2 Å². The molecule has 0 aliphatic carbocycles. The predicted molar refractivity (Wildman–Crippen MR) is 84.0 cm³/mol. The van der Waals surface area contributed by atoms with Crippen LogP contribution < -0.4 is 18.9 Å². The maximum atomic E-state index is 9.42. The van der Waals surface area contributed by atoms with E-state index in [-0.39, 0.29) is 12.7 Å². The Morgan fingerprint density at radius 3 is 2.70 bits per heavy atom. The van der Waals surface area contributed by atoms with Crippen LogP contribution in [0.4, 0.5) is 0 Å². The first-order chi connectivity index (χ1) is 11.3. The molecule has 1 aliphatic rings. The molecule has 0 radical (unpaired) electrons. The highest BCUT2D eigenvalue weighted by Gasteiger charge is 2.18. The minimum absolute atomic E-state index is 0.229. The van der Waals surface area contributed by atoms with Crippen LogP contribution in [0.25, 0.3) is 0 Å². The Kier molecular flexibility index (Phi) is 4.53. The molecular formula is C18H17NO4. The van der Waals surface area contributed by atoms with E-state index in [2.05, 4.69) is 6.07 Å². The van der Waals surface area contributed by atoms with Crippen LogP contribution in [0.2, 0.25) is 0 Å². The maximum absolute atomic E-state index is 9.42. The highest BCUT2D eigenvalue weighted by atomic mass is 16.7. The summed E-state index contributed by atoms with van der Waals surface area (Å²) in [5, 5.41) is 9.42. The molecular weight excluding hydrogens is 294 g/mol. The van der Waals surface area contributed by atoms with Crippen LogP contribution in [0.1, 0.15) is 17.9 Å². The van der Waals surface area contributed by atoms with Crippen molar-refractivity contribution in [2.75, 3.05) is 20.5 Å². The first kappa shape index (κ1) is 15.0. The average molecular weight is 311 g/mol. The lowest BCUT2D eigenvalue weighted by Crippen LogP contribution is -2.05. The number of rotatable bonds is 6. The molecule has 0 fully saturated rings. The van der Waals surface area contributed by atoms with E-state index in [9.17, 15) is 5.26 Å². The fourth-order valence-electron chi connectivity index (χ4n) is 2.46. The van der Waals surface area contributed by atoms with Crippen molar-refractivity contribution in [2.24, 2.45) is 0 Å². The van der Waals surface area contributed by atoms with Gasteiger partial charge < -0.3 is 18.9 Å². The zero-order valence-corrected chi connectivity index (χ0v) is 12.8. The number of nitrogens with zero attached hydrogens (tertiary/aromatic N) is 1. The molecule has 0 amide bonds. The lowest BCUT2D eigenvalue weighted by atomic mass is 9.97. The van der Waals surface area contributed by atoms with Crippen molar-refractivity contribution in [1.82, 2.24) is 0 Å². The molecule has 5 nitrogen and oxygen atoms in total. The number of para-hydroxylation sites is 2. The Hall–Kier alpha value is -2.87. The molecule has 0 aromatic heterocycles. The molecule has 1 aliphatic heterocycles. The standard InChI is InChI=1S/C18H17NO4/c1-20-15-4-2-3-5-16(15)21-9-8-14(11-19)13-6-7-17-18(10-13)23-12-22-17/h2-7,10,14H,8-9,12H2,1H3. The summed E-state index contributed by atoms with van der Waals surface area (Å²) in [5.74, 6) is 2.50. The Balaban J connectivity index is 1.63. The zero-order valence-electron chi connectivity index (χ0n) is 12.8. The van der Waals surface area contributed by atoms with E-state index in [0.717, 1.165) is 11.3 Å². The number of benzene rings is 2. The normalized spacial score (nSPS) is 13.2. The molecule has 5 heteroatoms. The summed E-state index contributed by atoms with van der Waals surface area (Å²) in [5.41, 5.74) is 0.903. The number of hydrogen-bond acceptors (Lipinski definition) is 5. The van der Waals surface area contributed by atoms with Crippen molar-refractivity contribution in [3.63, 3.8) is 0 Å². The van der Waals surface area contributed by atoms with Crippen LogP contribution in [0.5, 0.6) is 23.0 Å². The third kappa shape index (κ3) is 3.32. The highest BCUT2D eigenvalue weighted by Crippen LogP contribution is 2.35. The lowest BCUT2D eigenvalue weighted by molar-refractivity contribution is 0.174. The third-order valence-electron chi connectivity index (χ3n) is 3.69. The molecule has 1 atom stereocenters.